The SMILES string of the molecule is O=C(NCc1ccccn1)NCc1ccccc1Cl. The van der Waals surface area contributed by atoms with Gasteiger partial charge in [-0.3, -0.25) is 4.98 Å². The molecule has 1 aromatic heterocycles. The van der Waals surface area contributed by atoms with Crippen molar-refractivity contribution in [1.82, 2.24) is 15.6 Å². The Hall–Kier alpha value is -2.07. The van der Waals surface area contributed by atoms with Crippen LogP contribution in [-0.4, -0.2) is 11.0 Å². The summed E-state index contributed by atoms with van der Waals surface area (Å²) in [4.78, 5) is 15.7. The Bertz CT molecular complexity index is 545. The summed E-state index contributed by atoms with van der Waals surface area (Å²) in [5.74, 6) is 0. The van der Waals surface area contributed by atoms with Crippen LogP contribution in [0.15, 0.2) is 48.7 Å². The van der Waals surface area contributed by atoms with Crippen molar-refractivity contribution in [3.63, 3.8) is 0 Å². The molecule has 19 heavy (non-hydrogen) atoms. The second kappa shape index (κ2) is 6.75. The Morgan fingerprint density at radius 3 is 2.53 bits per heavy atom. The summed E-state index contributed by atoms with van der Waals surface area (Å²) in [5, 5.41) is 6.13. The maximum Gasteiger partial charge on any atom is 0.315 e. The van der Waals surface area contributed by atoms with E-state index in [1.54, 1.807) is 12.3 Å². The average Bonchev–Trinajstić information content (AvgIpc) is 2.45. The van der Waals surface area contributed by atoms with Crippen LogP contribution >= 0.6 is 11.6 Å². The molecule has 0 bridgehead atoms. The van der Waals surface area contributed by atoms with Crippen LogP contribution in [0.2, 0.25) is 5.02 Å². The molecule has 0 aliphatic rings. The van der Waals surface area contributed by atoms with E-state index in [0.29, 0.717) is 18.1 Å². The molecule has 2 rings (SSSR count). The van der Waals surface area contributed by atoms with E-state index >= 15 is 0 Å². The van der Waals surface area contributed by atoms with Crippen molar-refractivity contribution in [2.45, 2.75) is 13.1 Å². The first kappa shape index (κ1) is 13.4. The second-order valence-corrected chi connectivity index (χ2v) is 4.36. The highest BCUT2D eigenvalue weighted by molar-refractivity contribution is 6.31. The van der Waals surface area contributed by atoms with Crippen LogP contribution in [0.1, 0.15) is 11.3 Å². The molecule has 2 aromatic rings. The number of urea groups is 1. The summed E-state index contributed by atoms with van der Waals surface area (Å²) in [7, 11) is 0. The molecule has 2 amide bonds. The third kappa shape index (κ3) is 4.26. The minimum Gasteiger partial charge on any atom is -0.334 e. The first-order chi connectivity index (χ1) is 9.25. The smallest absolute Gasteiger partial charge is 0.315 e. The monoisotopic (exact) mass is 275 g/mol. The number of nitrogens with zero attached hydrogens (tertiary/aromatic N) is 1. The molecule has 0 aliphatic carbocycles. The molecule has 0 radical (unpaired) electrons. The van der Waals surface area contributed by atoms with Crippen LogP contribution in [0, 0.1) is 0 Å². The lowest BCUT2D eigenvalue weighted by Gasteiger charge is -2.08. The van der Waals surface area contributed by atoms with E-state index in [2.05, 4.69) is 15.6 Å². The zero-order chi connectivity index (χ0) is 13.5. The van der Waals surface area contributed by atoms with E-state index in [9.17, 15) is 4.79 Å². The van der Waals surface area contributed by atoms with Crippen molar-refractivity contribution in [1.29, 1.82) is 0 Å². The topological polar surface area (TPSA) is 54.0 Å². The number of hydrogen-bond acceptors (Lipinski definition) is 2. The first-order valence-electron chi connectivity index (χ1n) is 5.91. The molecule has 0 atom stereocenters. The molecular weight excluding hydrogens is 262 g/mol. The lowest BCUT2D eigenvalue weighted by atomic mass is 10.2. The van der Waals surface area contributed by atoms with Gasteiger partial charge in [0.05, 0.1) is 12.2 Å². The number of nitrogens with one attached hydrogen (secondary N) is 2. The molecular formula is C14H14ClN3O. The van der Waals surface area contributed by atoms with Gasteiger partial charge < -0.3 is 10.6 Å². The van der Waals surface area contributed by atoms with Gasteiger partial charge in [-0.15, -0.1) is 0 Å². The van der Waals surface area contributed by atoms with E-state index in [1.165, 1.54) is 0 Å². The van der Waals surface area contributed by atoms with Gasteiger partial charge in [-0.1, -0.05) is 35.9 Å². The fourth-order valence-corrected chi connectivity index (χ4v) is 1.76. The number of rotatable bonds is 4. The molecule has 0 saturated heterocycles. The standard InChI is InChI=1S/C14H14ClN3O/c15-13-7-2-1-5-11(13)9-17-14(19)18-10-12-6-3-4-8-16-12/h1-8H,9-10H2,(H2,17,18,19). The van der Waals surface area contributed by atoms with Gasteiger partial charge in [0.25, 0.3) is 0 Å². The summed E-state index contributed by atoms with van der Waals surface area (Å²) in [6, 6.07) is 12.7. The van der Waals surface area contributed by atoms with Crippen molar-refractivity contribution in [3.05, 3.63) is 64.9 Å². The van der Waals surface area contributed by atoms with Gasteiger partial charge in [0.15, 0.2) is 0 Å². The quantitative estimate of drug-likeness (QED) is 0.901. The molecule has 1 heterocycles. The molecule has 5 heteroatoms. The predicted molar refractivity (Wildman–Crippen MR) is 74.8 cm³/mol. The number of hydrogen-bond donors (Lipinski definition) is 2. The number of aromatic nitrogens is 1. The van der Waals surface area contributed by atoms with Gasteiger partial charge in [0, 0.05) is 17.8 Å². The van der Waals surface area contributed by atoms with Gasteiger partial charge in [-0.05, 0) is 23.8 Å². The number of halogens is 1. The molecule has 4 nitrogen and oxygen atoms in total. The van der Waals surface area contributed by atoms with Crippen LogP contribution < -0.4 is 10.6 Å². The maximum atomic E-state index is 11.6. The second-order valence-electron chi connectivity index (χ2n) is 3.95. The predicted octanol–water partition coefficient (Wildman–Crippen LogP) is 2.73. The van der Waals surface area contributed by atoms with Crippen LogP contribution in [0.25, 0.3) is 0 Å². The third-order valence-corrected chi connectivity index (χ3v) is 2.92. The molecule has 0 saturated carbocycles. The van der Waals surface area contributed by atoms with Crippen molar-refractivity contribution < 1.29 is 4.79 Å². The Kier molecular flexibility index (Phi) is 4.75. The Morgan fingerprint density at radius 1 is 1.05 bits per heavy atom. The summed E-state index contributed by atoms with van der Waals surface area (Å²) < 4.78 is 0. The third-order valence-electron chi connectivity index (χ3n) is 2.55. The van der Waals surface area contributed by atoms with Gasteiger partial charge >= 0.3 is 6.03 Å². The van der Waals surface area contributed by atoms with E-state index < -0.39 is 0 Å². The number of carbonyl (C=O) groups is 1. The Labute approximate surface area is 116 Å². The van der Waals surface area contributed by atoms with E-state index in [-0.39, 0.29) is 6.03 Å². The molecule has 2 N–H and O–H groups in total. The zero-order valence-corrected chi connectivity index (χ0v) is 11.0. The first-order valence-corrected chi connectivity index (χ1v) is 6.28. The van der Waals surface area contributed by atoms with E-state index in [0.717, 1.165) is 11.3 Å². The molecule has 0 aliphatic heterocycles. The van der Waals surface area contributed by atoms with Gasteiger partial charge in [0.1, 0.15) is 0 Å². The summed E-state index contributed by atoms with van der Waals surface area (Å²) in [6.07, 6.45) is 1.69. The van der Waals surface area contributed by atoms with Crippen LogP contribution in [0.5, 0.6) is 0 Å². The molecule has 1 aromatic carbocycles. The van der Waals surface area contributed by atoms with Gasteiger partial charge in [0.2, 0.25) is 0 Å². The van der Waals surface area contributed by atoms with Crippen LogP contribution in [0.4, 0.5) is 4.79 Å². The number of amides is 2. The Balaban J connectivity index is 1.78. The van der Waals surface area contributed by atoms with Crippen LogP contribution in [-0.2, 0) is 13.1 Å². The van der Waals surface area contributed by atoms with E-state index in [4.69, 9.17) is 11.6 Å². The summed E-state index contributed by atoms with van der Waals surface area (Å²) in [5.41, 5.74) is 1.70. The van der Waals surface area contributed by atoms with Gasteiger partial charge in [-0.25, -0.2) is 4.79 Å². The van der Waals surface area contributed by atoms with Crippen molar-refractivity contribution in [2.24, 2.45) is 0 Å². The van der Waals surface area contributed by atoms with Gasteiger partial charge in [-0.2, -0.15) is 0 Å². The Morgan fingerprint density at radius 2 is 1.79 bits per heavy atom. The molecule has 0 fully saturated rings. The highest BCUT2D eigenvalue weighted by atomic mass is 35.5. The lowest BCUT2D eigenvalue weighted by molar-refractivity contribution is 0.240. The normalized spacial score (nSPS) is 9.95. The van der Waals surface area contributed by atoms with Crippen LogP contribution in [0.3, 0.4) is 0 Å². The fraction of sp³-hybridized carbons (Fsp3) is 0.143. The summed E-state index contributed by atoms with van der Waals surface area (Å²) >= 11 is 6.00. The number of pyridine rings is 1. The highest BCUT2D eigenvalue weighted by Gasteiger charge is 2.03. The minimum absolute atomic E-state index is 0.245. The van der Waals surface area contributed by atoms with Crippen molar-refractivity contribution in [2.75, 3.05) is 0 Å². The largest absolute Gasteiger partial charge is 0.334 e. The fourth-order valence-electron chi connectivity index (χ4n) is 1.55. The maximum absolute atomic E-state index is 11.6. The molecule has 0 spiro atoms. The zero-order valence-electron chi connectivity index (χ0n) is 10.3. The van der Waals surface area contributed by atoms with Crippen molar-refractivity contribution in [3.8, 4) is 0 Å². The number of carbonyl (C=O) groups excluding carboxylic acids is 1. The summed E-state index contributed by atoms with van der Waals surface area (Å²) in [6.45, 7) is 0.795. The molecule has 98 valence electrons. The van der Waals surface area contributed by atoms with E-state index in [1.807, 2.05) is 36.4 Å². The lowest BCUT2D eigenvalue weighted by Crippen LogP contribution is -2.34. The van der Waals surface area contributed by atoms with Crippen molar-refractivity contribution >= 4 is 17.6 Å². The average molecular weight is 276 g/mol. The molecule has 0 unspecified atom stereocenters. The highest BCUT2D eigenvalue weighted by Crippen LogP contribution is 2.14. The minimum atomic E-state index is -0.245. The number of benzene rings is 1.